The fraction of sp³-hybridized carbons (Fsp3) is 0.136. The number of ether oxygens (including phenoxy) is 1. The van der Waals surface area contributed by atoms with Gasteiger partial charge in [0, 0.05) is 11.0 Å². The van der Waals surface area contributed by atoms with E-state index in [1.807, 2.05) is 37.3 Å². The van der Waals surface area contributed by atoms with E-state index in [1.54, 1.807) is 18.2 Å². The summed E-state index contributed by atoms with van der Waals surface area (Å²) in [7, 11) is 1.53. The van der Waals surface area contributed by atoms with Gasteiger partial charge in [0.2, 0.25) is 5.91 Å². The maximum absolute atomic E-state index is 14.2. The molecular weight excluding hydrogens is 380 g/mol. The van der Waals surface area contributed by atoms with Crippen molar-refractivity contribution in [1.29, 1.82) is 0 Å². The summed E-state index contributed by atoms with van der Waals surface area (Å²) in [5, 5.41) is 2.14. The van der Waals surface area contributed by atoms with Gasteiger partial charge in [0.15, 0.2) is 0 Å². The molecule has 1 N–H and O–H groups in total. The number of anilines is 1. The Morgan fingerprint density at radius 1 is 1.04 bits per heavy atom. The minimum Gasteiger partial charge on any atom is -0.495 e. The van der Waals surface area contributed by atoms with E-state index in [4.69, 9.17) is 4.74 Å². The molecule has 0 heterocycles. The highest BCUT2D eigenvalue weighted by Gasteiger charge is 2.24. The molecule has 3 aromatic rings. The summed E-state index contributed by atoms with van der Waals surface area (Å²) < 4.78 is 32.7. The van der Waals surface area contributed by atoms with E-state index in [0.29, 0.717) is 17.0 Å². The number of hydrogen-bond donors (Lipinski definition) is 1. The number of carbonyl (C=O) groups excluding carboxylic acids is 1. The number of carbonyl (C=O) groups is 1. The van der Waals surface area contributed by atoms with Crippen LogP contribution in [-0.4, -0.2) is 13.0 Å². The lowest BCUT2D eigenvalue weighted by Crippen LogP contribution is -2.19. The predicted molar refractivity (Wildman–Crippen MR) is 108 cm³/mol. The molecule has 0 saturated heterocycles. The van der Waals surface area contributed by atoms with Crippen LogP contribution in [0.25, 0.3) is 0 Å². The number of halogens is 2. The minimum atomic E-state index is -0.730. The molecule has 1 atom stereocenters. The molecule has 144 valence electrons. The van der Waals surface area contributed by atoms with Crippen molar-refractivity contribution < 1.29 is 18.3 Å². The second-order valence-electron chi connectivity index (χ2n) is 6.18. The minimum absolute atomic E-state index is 0.196. The molecule has 0 radical (unpaired) electrons. The first-order chi connectivity index (χ1) is 13.5. The van der Waals surface area contributed by atoms with E-state index < -0.39 is 16.9 Å². The highest BCUT2D eigenvalue weighted by molar-refractivity contribution is 8.00. The lowest BCUT2D eigenvalue weighted by Gasteiger charge is -2.19. The van der Waals surface area contributed by atoms with Crippen molar-refractivity contribution in [2.45, 2.75) is 17.1 Å². The van der Waals surface area contributed by atoms with Crippen LogP contribution in [0.1, 0.15) is 16.4 Å². The normalized spacial score (nSPS) is 11.7. The van der Waals surface area contributed by atoms with E-state index in [1.165, 1.54) is 19.2 Å². The third-order valence-corrected chi connectivity index (χ3v) is 5.40. The zero-order chi connectivity index (χ0) is 20.1. The number of methoxy groups -OCH3 is 1. The fourth-order valence-corrected chi connectivity index (χ4v) is 3.75. The van der Waals surface area contributed by atoms with Gasteiger partial charge >= 0.3 is 0 Å². The quantitative estimate of drug-likeness (QED) is 0.536. The Hall–Kier alpha value is -2.86. The van der Waals surface area contributed by atoms with Gasteiger partial charge in [-0.1, -0.05) is 36.4 Å². The Balaban J connectivity index is 1.93. The summed E-state index contributed by atoms with van der Waals surface area (Å²) in [5.41, 5.74) is 2.21. The lowest BCUT2D eigenvalue weighted by molar-refractivity contribution is -0.115. The highest BCUT2D eigenvalue weighted by Crippen LogP contribution is 2.38. The van der Waals surface area contributed by atoms with Gasteiger partial charge in [-0.3, -0.25) is 4.79 Å². The average molecular weight is 399 g/mol. The predicted octanol–water partition coefficient (Wildman–Crippen LogP) is 5.75. The monoisotopic (exact) mass is 399 g/mol. The topological polar surface area (TPSA) is 38.3 Å². The van der Waals surface area contributed by atoms with E-state index in [0.717, 1.165) is 23.4 Å². The van der Waals surface area contributed by atoms with Gasteiger partial charge in [-0.2, -0.15) is 0 Å². The third-order valence-electron chi connectivity index (χ3n) is 4.09. The largest absolute Gasteiger partial charge is 0.495 e. The van der Waals surface area contributed by atoms with Crippen LogP contribution >= 0.6 is 11.8 Å². The molecule has 3 aromatic carbocycles. The first kappa shape index (κ1) is 19.9. The first-order valence-electron chi connectivity index (χ1n) is 8.60. The Labute approximate surface area is 166 Å². The first-order valence-corrected chi connectivity index (χ1v) is 9.48. The van der Waals surface area contributed by atoms with Gasteiger partial charge in [-0.15, -0.1) is 11.8 Å². The summed E-state index contributed by atoms with van der Waals surface area (Å²) in [4.78, 5) is 13.3. The SMILES string of the molecule is COc1ccc(C)cc1NC(=O)[C@H](Sc1ccc(F)cc1F)c1ccccc1. The number of rotatable bonds is 6. The maximum Gasteiger partial charge on any atom is 0.242 e. The molecule has 0 aliphatic rings. The van der Waals surface area contributed by atoms with Crippen LogP contribution < -0.4 is 10.1 Å². The summed E-state index contributed by atoms with van der Waals surface area (Å²) in [6.07, 6.45) is 0. The zero-order valence-electron chi connectivity index (χ0n) is 15.4. The van der Waals surface area contributed by atoms with Crippen LogP contribution in [0.4, 0.5) is 14.5 Å². The molecule has 0 saturated carbocycles. The molecule has 6 heteroatoms. The van der Waals surface area contributed by atoms with Crippen LogP contribution in [0, 0.1) is 18.6 Å². The van der Waals surface area contributed by atoms with Crippen molar-refractivity contribution in [1.82, 2.24) is 0 Å². The highest BCUT2D eigenvalue weighted by atomic mass is 32.2. The maximum atomic E-state index is 14.2. The molecule has 0 bridgehead atoms. The third kappa shape index (κ3) is 4.70. The van der Waals surface area contributed by atoms with Crippen molar-refractivity contribution in [2.24, 2.45) is 0 Å². The molecule has 0 aliphatic heterocycles. The Morgan fingerprint density at radius 3 is 2.46 bits per heavy atom. The Morgan fingerprint density at radius 2 is 1.79 bits per heavy atom. The van der Waals surface area contributed by atoms with Gasteiger partial charge in [-0.05, 0) is 42.3 Å². The molecule has 3 nitrogen and oxygen atoms in total. The van der Waals surface area contributed by atoms with Gasteiger partial charge in [-0.25, -0.2) is 8.78 Å². The molecule has 28 heavy (non-hydrogen) atoms. The van der Waals surface area contributed by atoms with Crippen molar-refractivity contribution in [3.63, 3.8) is 0 Å². The van der Waals surface area contributed by atoms with Gasteiger partial charge in [0.05, 0.1) is 12.8 Å². The van der Waals surface area contributed by atoms with Crippen molar-refractivity contribution in [3.05, 3.63) is 89.5 Å². The van der Waals surface area contributed by atoms with Crippen molar-refractivity contribution in [2.75, 3.05) is 12.4 Å². The van der Waals surface area contributed by atoms with Crippen LogP contribution in [0.15, 0.2) is 71.6 Å². The number of aryl methyl sites for hydroxylation is 1. The molecular formula is C22H19F2NO2S. The van der Waals surface area contributed by atoms with E-state index in [2.05, 4.69) is 5.32 Å². The zero-order valence-corrected chi connectivity index (χ0v) is 16.2. The number of hydrogen-bond acceptors (Lipinski definition) is 3. The number of nitrogens with one attached hydrogen (secondary N) is 1. The summed E-state index contributed by atoms with van der Waals surface area (Å²) in [5.74, 6) is -1.16. The summed E-state index contributed by atoms with van der Waals surface area (Å²) in [6, 6.07) is 17.8. The molecule has 0 aromatic heterocycles. The molecule has 0 unspecified atom stereocenters. The number of thioether (sulfide) groups is 1. The van der Waals surface area contributed by atoms with Gasteiger partial charge < -0.3 is 10.1 Å². The van der Waals surface area contributed by atoms with Crippen molar-refractivity contribution >= 4 is 23.4 Å². The standard InChI is InChI=1S/C22H19F2NO2S/c1-14-8-10-19(27-2)18(12-14)25-22(26)21(15-6-4-3-5-7-15)28-20-11-9-16(23)13-17(20)24/h3-13,21H,1-2H3,(H,25,26)/t21-/m1/s1. The Kier molecular flexibility index (Phi) is 6.31. The molecule has 3 rings (SSSR count). The molecule has 1 amide bonds. The second-order valence-corrected chi connectivity index (χ2v) is 7.32. The van der Waals surface area contributed by atoms with E-state index in [9.17, 15) is 13.6 Å². The second kappa shape index (κ2) is 8.89. The lowest BCUT2D eigenvalue weighted by atomic mass is 10.1. The van der Waals surface area contributed by atoms with E-state index >= 15 is 0 Å². The summed E-state index contributed by atoms with van der Waals surface area (Å²) >= 11 is 1.03. The van der Waals surface area contributed by atoms with Crippen LogP contribution in [0.5, 0.6) is 5.75 Å². The average Bonchev–Trinajstić information content (AvgIpc) is 2.68. The fourth-order valence-electron chi connectivity index (χ4n) is 2.72. The van der Waals surface area contributed by atoms with Gasteiger partial charge in [0.1, 0.15) is 22.6 Å². The summed E-state index contributed by atoms with van der Waals surface area (Å²) in [6.45, 7) is 1.91. The smallest absolute Gasteiger partial charge is 0.242 e. The van der Waals surface area contributed by atoms with Crippen LogP contribution in [-0.2, 0) is 4.79 Å². The molecule has 0 spiro atoms. The van der Waals surface area contributed by atoms with Gasteiger partial charge in [0.25, 0.3) is 0 Å². The number of benzene rings is 3. The van der Waals surface area contributed by atoms with E-state index in [-0.39, 0.29) is 10.8 Å². The van der Waals surface area contributed by atoms with Crippen molar-refractivity contribution in [3.8, 4) is 5.75 Å². The van der Waals surface area contributed by atoms with Crippen LogP contribution in [0.2, 0.25) is 0 Å². The Bertz CT molecular complexity index is 980. The molecule has 0 aliphatic carbocycles. The number of amides is 1. The van der Waals surface area contributed by atoms with Crippen LogP contribution in [0.3, 0.4) is 0 Å². The molecule has 0 fully saturated rings.